The van der Waals surface area contributed by atoms with E-state index in [1.54, 1.807) is 18.9 Å². The van der Waals surface area contributed by atoms with Crippen LogP contribution in [0.3, 0.4) is 0 Å². The normalized spacial score (nSPS) is 15.2. The van der Waals surface area contributed by atoms with Gasteiger partial charge in [0.15, 0.2) is 0 Å². The summed E-state index contributed by atoms with van der Waals surface area (Å²) in [5, 5.41) is 1.04. The van der Waals surface area contributed by atoms with Crippen molar-refractivity contribution in [3.05, 3.63) is 53.7 Å². The van der Waals surface area contributed by atoms with Gasteiger partial charge in [-0.2, -0.15) is 0 Å². The van der Waals surface area contributed by atoms with Gasteiger partial charge in [-0.25, -0.2) is 4.98 Å². The summed E-state index contributed by atoms with van der Waals surface area (Å²) in [5.41, 5.74) is 2.62. The molecule has 0 radical (unpaired) electrons. The van der Waals surface area contributed by atoms with Crippen LogP contribution in [0, 0.1) is 0 Å². The van der Waals surface area contributed by atoms with Crippen LogP contribution >= 0.6 is 11.8 Å². The molecule has 1 aromatic heterocycles. The average Bonchev–Trinajstić information content (AvgIpc) is 2.68. The SMILES string of the molecule is COc1ccc(CCCN2CCOCC2)cc1CSc1ccccn1. The third kappa shape index (κ3) is 5.73. The second-order valence-corrected chi connectivity index (χ2v) is 7.16. The summed E-state index contributed by atoms with van der Waals surface area (Å²) in [5.74, 6) is 1.83. The molecule has 1 saturated heterocycles. The quantitative estimate of drug-likeness (QED) is 0.673. The molecular weight excluding hydrogens is 332 g/mol. The van der Waals surface area contributed by atoms with E-state index in [1.165, 1.54) is 17.5 Å². The molecule has 1 fully saturated rings. The number of pyridine rings is 1. The first-order valence-corrected chi connectivity index (χ1v) is 9.83. The van der Waals surface area contributed by atoms with Crippen LogP contribution in [0.2, 0.25) is 0 Å². The number of hydrogen-bond acceptors (Lipinski definition) is 5. The van der Waals surface area contributed by atoms with E-state index < -0.39 is 0 Å². The maximum Gasteiger partial charge on any atom is 0.122 e. The van der Waals surface area contributed by atoms with Gasteiger partial charge in [-0.05, 0) is 43.1 Å². The Bertz CT molecular complexity index is 645. The van der Waals surface area contributed by atoms with Gasteiger partial charge in [0, 0.05) is 30.6 Å². The van der Waals surface area contributed by atoms with Gasteiger partial charge >= 0.3 is 0 Å². The molecule has 0 aliphatic carbocycles. The molecule has 1 aliphatic heterocycles. The fourth-order valence-electron chi connectivity index (χ4n) is 3.02. The lowest BCUT2D eigenvalue weighted by molar-refractivity contribution is 0.0374. The van der Waals surface area contributed by atoms with Gasteiger partial charge in [0.25, 0.3) is 0 Å². The van der Waals surface area contributed by atoms with Crippen molar-refractivity contribution in [1.29, 1.82) is 0 Å². The number of ether oxygens (including phenoxy) is 2. The summed E-state index contributed by atoms with van der Waals surface area (Å²) >= 11 is 1.75. The lowest BCUT2D eigenvalue weighted by atomic mass is 10.1. The third-order valence-electron chi connectivity index (χ3n) is 4.40. The first kappa shape index (κ1) is 18.2. The molecule has 2 aromatic rings. The second kappa shape index (κ2) is 9.80. The van der Waals surface area contributed by atoms with Crippen LogP contribution in [-0.2, 0) is 16.9 Å². The summed E-state index contributed by atoms with van der Waals surface area (Å²) in [6, 6.07) is 12.6. The highest BCUT2D eigenvalue weighted by Crippen LogP contribution is 2.28. The smallest absolute Gasteiger partial charge is 0.122 e. The van der Waals surface area contributed by atoms with E-state index in [0.717, 1.165) is 55.8 Å². The molecule has 0 unspecified atom stereocenters. The van der Waals surface area contributed by atoms with Crippen LogP contribution in [0.15, 0.2) is 47.6 Å². The van der Waals surface area contributed by atoms with Crippen LogP contribution in [0.4, 0.5) is 0 Å². The Morgan fingerprint density at radius 1 is 1.20 bits per heavy atom. The standard InChI is InChI=1S/C20H26N2O2S/c1-23-19-8-7-17(5-4-10-22-11-13-24-14-12-22)15-18(19)16-25-20-6-2-3-9-21-20/h2-3,6-9,15H,4-5,10-14,16H2,1H3. The molecule has 0 bridgehead atoms. The minimum absolute atomic E-state index is 0.872. The van der Waals surface area contributed by atoms with Gasteiger partial charge in [-0.1, -0.05) is 18.2 Å². The number of aromatic nitrogens is 1. The largest absolute Gasteiger partial charge is 0.496 e. The van der Waals surface area contributed by atoms with Gasteiger partial charge in [-0.15, -0.1) is 11.8 Å². The highest BCUT2D eigenvalue weighted by atomic mass is 32.2. The summed E-state index contributed by atoms with van der Waals surface area (Å²) in [4.78, 5) is 6.87. The van der Waals surface area contributed by atoms with E-state index >= 15 is 0 Å². The number of methoxy groups -OCH3 is 1. The predicted molar refractivity (Wildman–Crippen MR) is 102 cm³/mol. The zero-order valence-corrected chi connectivity index (χ0v) is 15.6. The fraction of sp³-hybridized carbons (Fsp3) is 0.450. The number of benzene rings is 1. The number of aryl methyl sites for hydroxylation is 1. The predicted octanol–water partition coefficient (Wildman–Crippen LogP) is 3.65. The molecule has 2 heterocycles. The van der Waals surface area contributed by atoms with E-state index in [1.807, 2.05) is 24.4 Å². The lowest BCUT2D eigenvalue weighted by Crippen LogP contribution is -2.36. The van der Waals surface area contributed by atoms with Gasteiger partial charge in [-0.3, -0.25) is 4.90 Å². The molecule has 1 aromatic carbocycles. The number of nitrogens with zero attached hydrogens (tertiary/aromatic N) is 2. The fourth-order valence-corrected chi connectivity index (χ4v) is 3.86. The van der Waals surface area contributed by atoms with Crippen LogP contribution in [-0.4, -0.2) is 49.8 Å². The van der Waals surface area contributed by atoms with Crippen molar-refractivity contribution >= 4 is 11.8 Å². The summed E-state index contributed by atoms with van der Waals surface area (Å²) in [6.45, 7) is 5.02. The average molecular weight is 359 g/mol. The number of rotatable bonds is 8. The topological polar surface area (TPSA) is 34.6 Å². The maximum atomic E-state index is 5.53. The van der Waals surface area contributed by atoms with Gasteiger partial charge < -0.3 is 9.47 Å². The molecule has 0 atom stereocenters. The molecule has 0 N–H and O–H groups in total. The van der Waals surface area contributed by atoms with Gasteiger partial charge in [0.05, 0.1) is 25.3 Å². The summed E-state index contributed by atoms with van der Waals surface area (Å²) in [6.07, 6.45) is 4.11. The first-order chi connectivity index (χ1) is 12.3. The summed E-state index contributed by atoms with van der Waals surface area (Å²) < 4.78 is 10.9. The molecular formula is C20H26N2O2S. The maximum absolute atomic E-state index is 5.53. The molecule has 0 saturated carbocycles. The zero-order valence-electron chi connectivity index (χ0n) is 14.8. The molecule has 3 rings (SSSR count). The van der Waals surface area contributed by atoms with Gasteiger partial charge in [0.2, 0.25) is 0 Å². The monoisotopic (exact) mass is 358 g/mol. The molecule has 0 spiro atoms. The summed E-state index contributed by atoms with van der Waals surface area (Å²) in [7, 11) is 1.74. The zero-order chi connectivity index (χ0) is 17.3. The van der Waals surface area contributed by atoms with Crippen molar-refractivity contribution < 1.29 is 9.47 Å². The Hall–Kier alpha value is -1.56. The van der Waals surface area contributed by atoms with Crippen molar-refractivity contribution in [1.82, 2.24) is 9.88 Å². The number of morpholine rings is 1. The first-order valence-electron chi connectivity index (χ1n) is 8.85. The molecule has 5 heteroatoms. The highest BCUT2D eigenvalue weighted by Gasteiger charge is 2.10. The van der Waals surface area contributed by atoms with E-state index in [9.17, 15) is 0 Å². The minimum atomic E-state index is 0.872. The molecule has 25 heavy (non-hydrogen) atoms. The van der Waals surface area contributed by atoms with E-state index in [2.05, 4.69) is 28.1 Å². The Kier molecular flexibility index (Phi) is 7.15. The van der Waals surface area contributed by atoms with E-state index in [-0.39, 0.29) is 0 Å². The minimum Gasteiger partial charge on any atom is -0.496 e. The van der Waals surface area contributed by atoms with Crippen molar-refractivity contribution in [3.8, 4) is 5.75 Å². The molecule has 134 valence electrons. The van der Waals surface area contributed by atoms with Crippen molar-refractivity contribution in [3.63, 3.8) is 0 Å². The number of hydrogen-bond donors (Lipinski definition) is 0. The molecule has 1 aliphatic rings. The molecule has 4 nitrogen and oxygen atoms in total. The Morgan fingerprint density at radius 2 is 2.08 bits per heavy atom. The van der Waals surface area contributed by atoms with Gasteiger partial charge in [0.1, 0.15) is 5.75 Å². The third-order valence-corrected chi connectivity index (χ3v) is 5.39. The number of thioether (sulfide) groups is 1. The second-order valence-electron chi connectivity index (χ2n) is 6.16. The van der Waals surface area contributed by atoms with E-state index in [4.69, 9.17) is 9.47 Å². The molecule has 0 amide bonds. The van der Waals surface area contributed by atoms with Crippen LogP contribution < -0.4 is 4.74 Å². The Morgan fingerprint density at radius 3 is 2.84 bits per heavy atom. The van der Waals surface area contributed by atoms with E-state index in [0.29, 0.717) is 0 Å². The Labute approximate surface area is 154 Å². The van der Waals surface area contributed by atoms with Crippen LogP contribution in [0.1, 0.15) is 17.5 Å². The van der Waals surface area contributed by atoms with Crippen molar-refractivity contribution in [2.75, 3.05) is 40.0 Å². The van der Waals surface area contributed by atoms with Crippen LogP contribution in [0.5, 0.6) is 5.75 Å². The highest BCUT2D eigenvalue weighted by molar-refractivity contribution is 7.98. The van der Waals surface area contributed by atoms with Crippen molar-refractivity contribution in [2.24, 2.45) is 0 Å². The Balaban J connectivity index is 1.55. The van der Waals surface area contributed by atoms with Crippen molar-refractivity contribution in [2.45, 2.75) is 23.6 Å². The lowest BCUT2D eigenvalue weighted by Gasteiger charge is -2.26. The van der Waals surface area contributed by atoms with Crippen LogP contribution in [0.25, 0.3) is 0 Å².